The van der Waals surface area contributed by atoms with Gasteiger partial charge in [0.25, 0.3) is 12.3 Å². The molecule has 168 valence electrons. The van der Waals surface area contributed by atoms with Gasteiger partial charge in [-0.15, -0.1) is 0 Å². The van der Waals surface area contributed by atoms with E-state index in [2.05, 4.69) is 5.32 Å². The molecule has 0 saturated carbocycles. The van der Waals surface area contributed by atoms with Gasteiger partial charge in [-0.25, -0.2) is 21.6 Å². The molecular weight excluding hydrogens is 435 g/mol. The molecule has 0 aromatic heterocycles. The van der Waals surface area contributed by atoms with Crippen LogP contribution in [0.4, 0.5) is 18.9 Å². The van der Waals surface area contributed by atoms with E-state index < -0.39 is 33.6 Å². The van der Waals surface area contributed by atoms with Crippen molar-refractivity contribution in [2.75, 3.05) is 31.4 Å². The summed E-state index contributed by atoms with van der Waals surface area (Å²) in [4.78, 5) is 12.7. The molecule has 0 spiro atoms. The fourth-order valence-corrected chi connectivity index (χ4v) is 5.04. The highest BCUT2D eigenvalue weighted by molar-refractivity contribution is 7.91. The second kappa shape index (κ2) is 9.69. The lowest BCUT2D eigenvalue weighted by Gasteiger charge is -2.22. The zero-order chi connectivity index (χ0) is 22.6. The van der Waals surface area contributed by atoms with Gasteiger partial charge in [-0.2, -0.15) is 0 Å². The van der Waals surface area contributed by atoms with Gasteiger partial charge in [0, 0.05) is 12.3 Å². The fraction of sp³-hybridized carbons (Fsp3) is 0.381. The van der Waals surface area contributed by atoms with Crippen molar-refractivity contribution in [3.63, 3.8) is 0 Å². The highest BCUT2D eigenvalue weighted by Gasteiger charge is 2.25. The van der Waals surface area contributed by atoms with E-state index >= 15 is 0 Å². The molecule has 1 saturated heterocycles. The number of nitrogens with one attached hydrogen (secondary N) is 1. The summed E-state index contributed by atoms with van der Waals surface area (Å²) in [5, 5.41) is 2.38. The maximum Gasteiger partial charge on any atom is 0.266 e. The van der Waals surface area contributed by atoms with Crippen molar-refractivity contribution in [3.05, 3.63) is 53.3 Å². The van der Waals surface area contributed by atoms with Crippen molar-refractivity contribution in [2.24, 2.45) is 5.92 Å². The molecule has 0 radical (unpaired) electrons. The van der Waals surface area contributed by atoms with Gasteiger partial charge in [-0.05, 0) is 55.2 Å². The SMILES string of the molecule is COc1ccc(S(=O)(=O)C[C@H]2CCCOC2)cc1C(=O)Nc1ccc(F)c(C(F)F)c1. The molecule has 1 N–H and O–H groups in total. The summed E-state index contributed by atoms with van der Waals surface area (Å²) in [6, 6.07) is 6.67. The molecular formula is C21H22F3NO5S. The van der Waals surface area contributed by atoms with Crippen LogP contribution in [-0.4, -0.2) is 40.4 Å². The third kappa shape index (κ3) is 5.56. The molecule has 31 heavy (non-hydrogen) atoms. The van der Waals surface area contributed by atoms with Crippen LogP contribution in [0.2, 0.25) is 0 Å². The molecule has 1 heterocycles. The predicted molar refractivity (Wildman–Crippen MR) is 108 cm³/mol. The Kier molecular flexibility index (Phi) is 7.22. The van der Waals surface area contributed by atoms with Gasteiger partial charge >= 0.3 is 0 Å². The van der Waals surface area contributed by atoms with Gasteiger partial charge in [0.15, 0.2) is 9.84 Å². The molecule has 1 fully saturated rings. The molecule has 0 aliphatic carbocycles. The van der Waals surface area contributed by atoms with Crippen molar-refractivity contribution in [1.29, 1.82) is 0 Å². The van der Waals surface area contributed by atoms with E-state index in [1.807, 2.05) is 0 Å². The van der Waals surface area contributed by atoms with E-state index in [0.29, 0.717) is 13.2 Å². The molecule has 1 atom stereocenters. The monoisotopic (exact) mass is 457 g/mol. The van der Waals surface area contributed by atoms with Crippen molar-refractivity contribution in [1.82, 2.24) is 0 Å². The molecule has 2 aromatic carbocycles. The van der Waals surface area contributed by atoms with Crippen LogP contribution in [0, 0.1) is 11.7 Å². The zero-order valence-corrected chi connectivity index (χ0v) is 17.6. The summed E-state index contributed by atoms with van der Waals surface area (Å²) < 4.78 is 75.5. The highest BCUT2D eigenvalue weighted by Crippen LogP contribution is 2.28. The highest BCUT2D eigenvalue weighted by atomic mass is 32.2. The Bertz CT molecular complexity index is 1050. The van der Waals surface area contributed by atoms with E-state index in [4.69, 9.17) is 9.47 Å². The lowest BCUT2D eigenvalue weighted by molar-refractivity contribution is 0.0626. The molecule has 10 heteroatoms. The molecule has 0 bridgehead atoms. The van der Waals surface area contributed by atoms with Gasteiger partial charge in [-0.1, -0.05) is 0 Å². The van der Waals surface area contributed by atoms with Crippen LogP contribution < -0.4 is 10.1 Å². The number of halogens is 3. The van der Waals surface area contributed by atoms with Crippen LogP contribution in [0.15, 0.2) is 41.3 Å². The average Bonchev–Trinajstić information content (AvgIpc) is 2.74. The third-order valence-corrected chi connectivity index (χ3v) is 6.86. The van der Waals surface area contributed by atoms with Crippen LogP contribution in [0.25, 0.3) is 0 Å². The minimum atomic E-state index is -3.70. The third-order valence-electron chi connectivity index (χ3n) is 4.97. The first-order chi connectivity index (χ1) is 14.7. The lowest BCUT2D eigenvalue weighted by atomic mass is 10.1. The number of carbonyl (C=O) groups is 1. The van der Waals surface area contributed by atoms with E-state index in [1.54, 1.807) is 0 Å². The number of rotatable bonds is 7. The summed E-state index contributed by atoms with van der Waals surface area (Å²) in [6.07, 6.45) is -1.53. The number of benzene rings is 2. The normalized spacial score (nSPS) is 16.9. The number of carbonyl (C=O) groups excluding carboxylic acids is 1. The average molecular weight is 457 g/mol. The number of hydrogen-bond acceptors (Lipinski definition) is 5. The maximum absolute atomic E-state index is 13.5. The Morgan fingerprint density at radius 2 is 2.03 bits per heavy atom. The number of hydrogen-bond donors (Lipinski definition) is 1. The van der Waals surface area contributed by atoms with Gasteiger partial charge < -0.3 is 14.8 Å². The van der Waals surface area contributed by atoms with Crippen LogP contribution >= 0.6 is 0 Å². The molecule has 1 aliphatic rings. The molecule has 0 unspecified atom stereocenters. The van der Waals surface area contributed by atoms with Crippen molar-refractivity contribution < 1.29 is 35.9 Å². The second-order valence-electron chi connectivity index (χ2n) is 7.22. The fourth-order valence-electron chi connectivity index (χ4n) is 3.39. The first kappa shape index (κ1) is 23.1. The number of anilines is 1. The molecule has 2 aromatic rings. The van der Waals surface area contributed by atoms with Gasteiger partial charge in [0.1, 0.15) is 11.6 Å². The van der Waals surface area contributed by atoms with Crippen LogP contribution in [-0.2, 0) is 14.6 Å². The minimum Gasteiger partial charge on any atom is -0.496 e. The van der Waals surface area contributed by atoms with Crippen molar-refractivity contribution in [2.45, 2.75) is 24.2 Å². The van der Waals surface area contributed by atoms with Crippen molar-refractivity contribution in [3.8, 4) is 5.75 Å². The van der Waals surface area contributed by atoms with E-state index in [1.165, 1.54) is 25.3 Å². The molecule has 1 aliphatic heterocycles. The number of ether oxygens (including phenoxy) is 2. The quantitative estimate of drug-likeness (QED) is 0.673. The van der Waals surface area contributed by atoms with Gasteiger partial charge in [0.05, 0.1) is 35.5 Å². The summed E-state index contributed by atoms with van der Waals surface area (Å²) in [5.41, 5.74) is -1.00. The Labute approximate surface area is 178 Å². The summed E-state index contributed by atoms with van der Waals surface area (Å²) in [5.74, 6) is -2.01. The van der Waals surface area contributed by atoms with Crippen molar-refractivity contribution >= 4 is 21.4 Å². The Morgan fingerprint density at radius 3 is 2.68 bits per heavy atom. The van der Waals surface area contributed by atoms with Gasteiger partial charge in [0.2, 0.25) is 0 Å². The summed E-state index contributed by atoms with van der Waals surface area (Å²) in [6.45, 7) is 0.972. The van der Waals surface area contributed by atoms with Gasteiger partial charge in [-0.3, -0.25) is 4.79 Å². The zero-order valence-electron chi connectivity index (χ0n) is 16.7. The Morgan fingerprint density at radius 1 is 1.26 bits per heavy atom. The molecule has 6 nitrogen and oxygen atoms in total. The maximum atomic E-state index is 13.5. The van der Waals surface area contributed by atoms with E-state index in [9.17, 15) is 26.4 Å². The number of amides is 1. The standard InChI is InChI=1S/C21H22F3NO5S/c1-29-19-7-5-15(31(27,28)12-13-3-2-8-30-11-13)10-17(19)21(26)25-14-4-6-18(22)16(9-14)20(23)24/h4-7,9-10,13,20H,2-3,8,11-12H2,1H3,(H,25,26)/t13-/m0/s1. The van der Waals surface area contributed by atoms with Crippen LogP contribution in [0.5, 0.6) is 5.75 Å². The topological polar surface area (TPSA) is 81.7 Å². The first-order valence-electron chi connectivity index (χ1n) is 9.58. The van der Waals surface area contributed by atoms with Crippen LogP contribution in [0.3, 0.4) is 0 Å². The lowest BCUT2D eigenvalue weighted by Crippen LogP contribution is -2.25. The summed E-state index contributed by atoms with van der Waals surface area (Å²) >= 11 is 0. The molecule has 1 amide bonds. The van der Waals surface area contributed by atoms with E-state index in [-0.39, 0.29) is 33.6 Å². The van der Waals surface area contributed by atoms with E-state index in [0.717, 1.165) is 31.0 Å². The molecule has 3 rings (SSSR count). The number of alkyl halides is 2. The Balaban J connectivity index is 1.86. The smallest absolute Gasteiger partial charge is 0.266 e. The largest absolute Gasteiger partial charge is 0.496 e. The number of methoxy groups -OCH3 is 1. The Hall–Kier alpha value is -2.59. The number of sulfone groups is 1. The predicted octanol–water partition coefficient (Wildman–Crippen LogP) is 4.22. The van der Waals surface area contributed by atoms with Crippen LogP contribution in [0.1, 0.15) is 35.2 Å². The summed E-state index contributed by atoms with van der Waals surface area (Å²) in [7, 11) is -2.39. The minimum absolute atomic E-state index is 0.0589. The first-order valence-corrected chi connectivity index (χ1v) is 11.2. The second-order valence-corrected chi connectivity index (χ2v) is 9.25.